The van der Waals surface area contributed by atoms with Crippen molar-refractivity contribution in [3.05, 3.63) is 46.5 Å². The van der Waals surface area contributed by atoms with Crippen molar-refractivity contribution in [1.82, 2.24) is 0 Å². The molecule has 4 atom stereocenters. The molecule has 2 unspecified atom stereocenters. The largest absolute Gasteiger partial charge is 0.495 e. The zero-order valence-corrected chi connectivity index (χ0v) is 22.9. The summed E-state index contributed by atoms with van der Waals surface area (Å²) in [4.78, 5) is 14.7. The van der Waals surface area contributed by atoms with Crippen LogP contribution < -0.4 is 9.64 Å². The molecule has 1 aliphatic heterocycles. The predicted molar refractivity (Wildman–Crippen MR) is 141 cm³/mol. The third-order valence-electron chi connectivity index (χ3n) is 6.46. The van der Waals surface area contributed by atoms with Crippen LogP contribution in [0.5, 0.6) is 5.75 Å². The summed E-state index contributed by atoms with van der Waals surface area (Å²) in [6.07, 6.45) is 9.63. The number of carbonyl (C=O) groups excluding carboxylic acids is 1. The average molecular weight is 496 g/mol. The SMILES string of the molecule is CC[P@](C)C/C=C/C=C(\C)Cc1cc(OC)c(Cl)c(N(C)C(=O)C[C@H](OC)C2(C)OC2C)c1. The molecule has 0 saturated carbocycles. The molecular formula is C26H39ClNO4P. The normalized spacial score (nSPS) is 22.3. The summed E-state index contributed by atoms with van der Waals surface area (Å²) in [7, 11) is 5.04. The number of rotatable bonds is 12. The van der Waals surface area contributed by atoms with E-state index in [0.29, 0.717) is 16.5 Å². The second-order valence-corrected chi connectivity index (χ2v) is 12.0. The number of methoxy groups -OCH3 is 2. The molecule has 1 heterocycles. The van der Waals surface area contributed by atoms with E-state index in [1.54, 1.807) is 26.2 Å². The van der Waals surface area contributed by atoms with Gasteiger partial charge in [0.15, 0.2) is 0 Å². The molecule has 0 bridgehead atoms. The first-order chi connectivity index (χ1) is 15.6. The van der Waals surface area contributed by atoms with E-state index in [-0.39, 0.29) is 32.5 Å². The van der Waals surface area contributed by atoms with Gasteiger partial charge in [-0.25, -0.2) is 0 Å². The number of hydrogen-bond acceptors (Lipinski definition) is 4. The number of carbonyl (C=O) groups is 1. The van der Waals surface area contributed by atoms with Crippen molar-refractivity contribution in [1.29, 1.82) is 0 Å². The molecule has 7 heteroatoms. The van der Waals surface area contributed by atoms with Crippen LogP contribution in [0.2, 0.25) is 5.02 Å². The second-order valence-electron chi connectivity index (χ2n) is 8.93. The Balaban J connectivity index is 2.18. The van der Waals surface area contributed by atoms with Crippen molar-refractivity contribution in [2.24, 2.45) is 0 Å². The van der Waals surface area contributed by atoms with Gasteiger partial charge >= 0.3 is 0 Å². The summed E-state index contributed by atoms with van der Waals surface area (Å²) in [6, 6.07) is 3.90. The number of benzene rings is 1. The summed E-state index contributed by atoms with van der Waals surface area (Å²) >= 11 is 6.60. The molecule has 1 amide bonds. The lowest BCUT2D eigenvalue weighted by atomic mass is 9.97. The molecule has 0 spiro atoms. The number of hydrogen-bond donors (Lipinski definition) is 0. The molecule has 5 nitrogen and oxygen atoms in total. The monoisotopic (exact) mass is 495 g/mol. The van der Waals surface area contributed by atoms with Gasteiger partial charge in [0.2, 0.25) is 5.91 Å². The van der Waals surface area contributed by atoms with Crippen molar-refractivity contribution in [2.45, 2.75) is 58.3 Å². The molecule has 0 aliphatic carbocycles. The van der Waals surface area contributed by atoms with Crippen LogP contribution in [0.15, 0.2) is 35.9 Å². The predicted octanol–water partition coefficient (Wildman–Crippen LogP) is 6.07. The summed E-state index contributed by atoms with van der Waals surface area (Å²) in [5.41, 5.74) is 2.46. The van der Waals surface area contributed by atoms with Crippen LogP contribution in [0.1, 0.15) is 39.7 Å². The Labute approximate surface area is 205 Å². The van der Waals surface area contributed by atoms with Gasteiger partial charge in [0.1, 0.15) is 16.4 Å². The minimum absolute atomic E-state index is 0.0719. The van der Waals surface area contributed by atoms with Crippen LogP contribution in [-0.4, -0.2) is 64.0 Å². The standard InChI is InChI=1S/C26H39ClNO4P/c1-9-33(8)13-11-10-12-18(2)14-20-15-21(25(27)22(16-20)30-6)28(5)24(29)17-23(31-7)26(4)19(3)32-26/h10-12,15-16,19,23H,9,13-14,17H2,1-8H3/b11-10+,18-12+/t19?,23-,26?,33-/m0/s1. The summed E-state index contributed by atoms with van der Waals surface area (Å²) < 4.78 is 16.8. The lowest BCUT2D eigenvalue weighted by Crippen LogP contribution is -2.37. The first kappa shape index (κ1) is 27.9. The number of anilines is 1. The number of allylic oxidation sites excluding steroid dienone is 4. The van der Waals surface area contributed by atoms with Gasteiger partial charge in [-0.2, -0.15) is 0 Å². The van der Waals surface area contributed by atoms with E-state index in [9.17, 15) is 4.79 Å². The third-order valence-corrected chi connectivity index (χ3v) is 8.75. The maximum Gasteiger partial charge on any atom is 0.229 e. The number of ether oxygens (including phenoxy) is 3. The van der Waals surface area contributed by atoms with Crippen molar-refractivity contribution in [3.63, 3.8) is 0 Å². The van der Waals surface area contributed by atoms with Crippen LogP contribution in [-0.2, 0) is 20.7 Å². The van der Waals surface area contributed by atoms with E-state index in [1.807, 2.05) is 26.0 Å². The number of epoxide rings is 1. The van der Waals surface area contributed by atoms with Crippen LogP contribution >= 0.6 is 19.5 Å². The highest BCUT2D eigenvalue weighted by Gasteiger charge is 2.55. The fourth-order valence-electron chi connectivity index (χ4n) is 3.75. The fraction of sp³-hybridized carbons (Fsp3) is 0.577. The molecule has 1 aromatic carbocycles. The third kappa shape index (κ3) is 7.29. The van der Waals surface area contributed by atoms with Gasteiger partial charge in [-0.3, -0.25) is 4.79 Å². The maximum absolute atomic E-state index is 13.1. The Morgan fingerprint density at radius 3 is 2.61 bits per heavy atom. The molecule has 1 aliphatic rings. The molecule has 0 aromatic heterocycles. The highest BCUT2D eigenvalue weighted by Crippen LogP contribution is 2.42. The Morgan fingerprint density at radius 2 is 2.06 bits per heavy atom. The molecule has 33 heavy (non-hydrogen) atoms. The van der Waals surface area contributed by atoms with Gasteiger partial charge in [0.25, 0.3) is 0 Å². The lowest BCUT2D eigenvalue weighted by Gasteiger charge is -2.25. The molecule has 0 radical (unpaired) electrons. The first-order valence-corrected chi connectivity index (χ1v) is 13.9. The van der Waals surface area contributed by atoms with Crippen molar-refractivity contribution in [3.8, 4) is 5.75 Å². The van der Waals surface area contributed by atoms with Gasteiger partial charge in [0, 0.05) is 14.2 Å². The fourth-order valence-corrected chi connectivity index (χ4v) is 4.80. The van der Waals surface area contributed by atoms with Gasteiger partial charge in [-0.1, -0.05) is 42.3 Å². The molecule has 1 saturated heterocycles. The van der Waals surface area contributed by atoms with E-state index in [1.165, 1.54) is 11.7 Å². The molecule has 1 fully saturated rings. The Morgan fingerprint density at radius 1 is 1.39 bits per heavy atom. The summed E-state index contributed by atoms with van der Waals surface area (Å²) in [6.45, 7) is 10.6. The van der Waals surface area contributed by atoms with E-state index in [4.69, 9.17) is 25.8 Å². The van der Waals surface area contributed by atoms with Crippen molar-refractivity contribution < 1.29 is 19.0 Å². The molecule has 1 aromatic rings. The maximum atomic E-state index is 13.1. The number of amides is 1. The highest BCUT2D eigenvalue weighted by atomic mass is 35.5. The van der Waals surface area contributed by atoms with E-state index in [0.717, 1.165) is 18.1 Å². The topological polar surface area (TPSA) is 51.3 Å². The van der Waals surface area contributed by atoms with Crippen LogP contribution in [0.3, 0.4) is 0 Å². The Bertz CT molecular complexity index is 887. The smallest absolute Gasteiger partial charge is 0.229 e. The number of nitrogens with zero attached hydrogens (tertiary/aromatic N) is 1. The van der Waals surface area contributed by atoms with Gasteiger partial charge in [-0.05, 0) is 63.9 Å². The van der Waals surface area contributed by atoms with Crippen molar-refractivity contribution in [2.75, 3.05) is 45.2 Å². The quantitative estimate of drug-likeness (QED) is 0.200. The average Bonchev–Trinajstić information content (AvgIpc) is 3.41. The minimum atomic E-state index is -0.430. The molecular weight excluding hydrogens is 457 g/mol. The molecule has 0 N–H and O–H groups in total. The van der Waals surface area contributed by atoms with Crippen LogP contribution in [0, 0.1) is 0 Å². The van der Waals surface area contributed by atoms with Gasteiger partial charge in [0.05, 0.1) is 31.4 Å². The van der Waals surface area contributed by atoms with E-state index < -0.39 is 5.60 Å². The van der Waals surface area contributed by atoms with Crippen LogP contribution in [0.25, 0.3) is 0 Å². The van der Waals surface area contributed by atoms with E-state index in [2.05, 4.69) is 38.7 Å². The summed E-state index contributed by atoms with van der Waals surface area (Å²) in [5.74, 6) is 0.468. The first-order valence-electron chi connectivity index (χ1n) is 11.4. The zero-order valence-electron chi connectivity index (χ0n) is 21.3. The van der Waals surface area contributed by atoms with Crippen molar-refractivity contribution >= 4 is 31.1 Å². The molecule has 184 valence electrons. The minimum Gasteiger partial charge on any atom is -0.495 e. The number of halogens is 1. The highest BCUT2D eigenvalue weighted by molar-refractivity contribution is 7.56. The second kappa shape index (κ2) is 12.4. The van der Waals surface area contributed by atoms with Gasteiger partial charge < -0.3 is 19.1 Å². The van der Waals surface area contributed by atoms with Crippen LogP contribution in [0.4, 0.5) is 5.69 Å². The Hall–Kier alpha value is -1.39. The lowest BCUT2D eigenvalue weighted by molar-refractivity contribution is -0.121. The Kier molecular flexibility index (Phi) is 10.4. The zero-order chi connectivity index (χ0) is 24.8. The van der Waals surface area contributed by atoms with Gasteiger partial charge in [-0.15, -0.1) is 7.92 Å². The summed E-state index contributed by atoms with van der Waals surface area (Å²) in [5, 5.41) is 0.422. The molecule has 2 rings (SSSR count). The van der Waals surface area contributed by atoms with E-state index >= 15 is 0 Å².